The number of anilines is 2. The normalized spacial score (nSPS) is 16.3. The predicted molar refractivity (Wildman–Crippen MR) is 126 cm³/mol. The van der Waals surface area contributed by atoms with E-state index in [1.165, 1.54) is 0 Å². The van der Waals surface area contributed by atoms with Crippen molar-refractivity contribution < 1.29 is 4.79 Å². The van der Waals surface area contributed by atoms with E-state index in [0.717, 1.165) is 53.8 Å². The Morgan fingerprint density at radius 2 is 2.12 bits per heavy atom. The van der Waals surface area contributed by atoms with Gasteiger partial charge in [-0.25, -0.2) is 4.98 Å². The van der Waals surface area contributed by atoms with E-state index < -0.39 is 0 Å². The van der Waals surface area contributed by atoms with Gasteiger partial charge in [0.1, 0.15) is 5.65 Å². The Morgan fingerprint density at radius 3 is 2.88 bits per heavy atom. The number of aromatic amines is 1. The van der Waals surface area contributed by atoms with Crippen LogP contribution in [0.1, 0.15) is 28.9 Å². The van der Waals surface area contributed by atoms with Gasteiger partial charge < -0.3 is 20.9 Å². The van der Waals surface area contributed by atoms with Gasteiger partial charge in [0.2, 0.25) is 0 Å². The number of hydrogen-bond donors (Lipinski definition) is 3. The molecule has 0 spiro atoms. The third kappa shape index (κ3) is 3.80. The Labute approximate surface area is 185 Å². The number of hydrogen-bond acceptors (Lipinski definition) is 6. The number of amides is 1. The van der Waals surface area contributed by atoms with Crippen LogP contribution in [0.3, 0.4) is 0 Å². The SMILES string of the molecule is Cc1ccc(-c2cnc3[nH]cc(NC(=O)c4cccnc4)c3c2N2CCC[C@H](N)C2)cn1. The molecule has 4 aromatic rings. The summed E-state index contributed by atoms with van der Waals surface area (Å²) in [5, 5.41) is 3.91. The highest BCUT2D eigenvalue weighted by molar-refractivity contribution is 6.13. The molecule has 1 atom stereocenters. The number of nitrogens with one attached hydrogen (secondary N) is 2. The maximum absolute atomic E-state index is 12.9. The van der Waals surface area contributed by atoms with Crippen LogP contribution in [-0.4, -0.2) is 45.0 Å². The fourth-order valence-electron chi connectivity index (χ4n) is 4.25. The molecule has 1 fully saturated rings. The fourth-order valence-corrected chi connectivity index (χ4v) is 4.25. The van der Waals surface area contributed by atoms with Gasteiger partial charge in [-0.2, -0.15) is 0 Å². The summed E-state index contributed by atoms with van der Waals surface area (Å²) in [6.07, 6.45) is 10.7. The molecule has 1 aliphatic rings. The first kappa shape index (κ1) is 20.1. The molecule has 1 amide bonds. The van der Waals surface area contributed by atoms with Crippen molar-refractivity contribution in [3.63, 3.8) is 0 Å². The summed E-state index contributed by atoms with van der Waals surface area (Å²) in [4.78, 5) is 31.6. The van der Waals surface area contributed by atoms with Crippen molar-refractivity contribution >= 4 is 28.3 Å². The Bertz CT molecular complexity index is 1250. The zero-order valence-electron chi connectivity index (χ0n) is 17.9. The van der Waals surface area contributed by atoms with E-state index in [4.69, 9.17) is 5.73 Å². The summed E-state index contributed by atoms with van der Waals surface area (Å²) >= 11 is 0. The second-order valence-electron chi connectivity index (χ2n) is 8.18. The molecule has 1 saturated heterocycles. The van der Waals surface area contributed by atoms with Crippen LogP contribution in [0.5, 0.6) is 0 Å². The summed E-state index contributed by atoms with van der Waals surface area (Å²) < 4.78 is 0. The van der Waals surface area contributed by atoms with Crippen molar-refractivity contribution in [2.45, 2.75) is 25.8 Å². The van der Waals surface area contributed by atoms with Gasteiger partial charge in [0.25, 0.3) is 5.91 Å². The number of nitrogens with zero attached hydrogens (tertiary/aromatic N) is 4. The first-order valence-electron chi connectivity index (χ1n) is 10.7. The molecule has 0 bridgehead atoms. The average molecular weight is 428 g/mol. The van der Waals surface area contributed by atoms with E-state index in [9.17, 15) is 4.79 Å². The topological polar surface area (TPSA) is 113 Å². The van der Waals surface area contributed by atoms with Gasteiger partial charge in [0.15, 0.2) is 0 Å². The number of carbonyl (C=O) groups excluding carboxylic acids is 1. The van der Waals surface area contributed by atoms with Crippen LogP contribution in [0.2, 0.25) is 0 Å². The van der Waals surface area contributed by atoms with E-state index in [2.05, 4.69) is 36.2 Å². The number of nitrogens with two attached hydrogens (primary N) is 1. The lowest BCUT2D eigenvalue weighted by Crippen LogP contribution is -2.43. The van der Waals surface area contributed by atoms with Crippen molar-refractivity contribution in [1.29, 1.82) is 0 Å². The lowest BCUT2D eigenvalue weighted by atomic mass is 10.00. The van der Waals surface area contributed by atoms with Crippen LogP contribution in [-0.2, 0) is 0 Å². The van der Waals surface area contributed by atoms with Crippen molar-refractivity contribution in [3.8, 4) is 11.1 Å². The van der Waals surface area contributed by atoms with Crippen molar-refractivity contribution in [1.82, 2.24) is 19.9 Å². The molecule has 32 heavy (non-hydrogen) atoms. The van der Waals surface area contributed by atoms with Crippen molar-refractivity contribution in [3.05, 3.63) is 66.5 Å². The Balaban J connectivity index is 1.65. The summed E-state index contributed by atoms with van der Waals surface area (Å²) in [5.74, 6) is -0.220. The second kappa shape index (κ2) is 8.39. The van der Waals surface area contributed by atoms with Crippen molar-refractivity contribution in [2.24, 2.45) is 5.73 Å². The number of H-pyrrole nitrogens is 1. The van der Waals surface area contributed by atoms with Crippen LogP contribution < -0.4 is 16.0 Å². The van der Waals surface area contributed by atoms with Gasteiger partial charge in [-0.15, -0.1) is 0 Å². The number of aromatic nitrogens is 4. The molecule has 0 radical (unpaired) electrons. The van der Waals surface area contributed by atoms with Crippen molar-refractivity contribution in [2.75, 3.05) is 23.3 Å². The molecule has 1 aliphatic heterocycles. The number of pyridine rings is 3. The van der Waals surface area contributed by atoms with E-state index in [1.807, 2.05) is 25.4 Å². The van der Waals surface area contributed by atoms with Crippen LogP contribution in [0, 0.1) is 6.92 Å². The standard InChI is InChI=1S/C24H25N7O/c1-15-6-7-16(11-27-15)19-12-28-23-21(22(19)31-9-3-5-18(25)14-31)20(13-29-23)30-24(32)17-4-2-8-26-10-17/h2,4,6-8,10-13,18H,3,5,9,14,25H2,1H3,(H,28,29)(H,30,32)/t18-/m0/s1. The zero-order chi connectivity index (χ0) is 22.1. The van der Waals surface area contributed by atoms with Crippen LogP contribution >= 0.6 is 0 Å². The predicted octanol–water partition coefficient (Wildman–Crippen LogP) is 3.51. The lowest BCUT2D eigenvalue weighted by Gasteiger charge is -2.34. The highest BCUT2D eigenvalue weighted by Gasteiger charge is 2.25. The van der Waals surface area contributed by atoms with E-state index in [1.54, 1.807) is 30.7 Å². The average Bonchev–Trinajstić information content (AvgIpc) is 3.22. The summed E-state index contributed by atoms with van der Waals surface area (Å²) in [6.45, 7) is 3.60. The van der Waals surface area contributed by atoms with Crippen LogP contribution in [0.25, 0.3) is 22.2 Å². The number of fused-ring (bicyclic) bond motifs is 1. The molecular weight excluding hydrogens is 402 g/mol. The first-order chi connectivity index (χ1) is 15.6. The van der Waals surface area contributed by atoms with E-state index >= 15 is 0 Å². The number of rotatable bonds is 4. The van der Waals surface area contributed by atoms with Crippen LogP contribution in [0.4, 0.5) is 11.4 Å². The molecule has 4 N–H and O–H groups in total. The van der Waals surface area contributed by atoms with Gasteiger partial charge in [-0.05, 0) is 38.0 Å². The molecule has 0 unspecified atom stereocenters. The van der Waals surface area contributed by atoms with Gasteiger partial charge in [-0.1, -0.05) is 6.07 Å². The quantitative estimate of drug-likeness (QED) is 0.459. The summed E-state index contributed by atoms with van der Waals surface area (Å²) in [6, 6.07) is 7.63. The first-order valence-corrected chi connectivity index (χ1v) is 10.7. The summed E-state index contributed by atoms with van der Waals surface area (Å²) in [7, 11) is 0. The Kier molecular flexibility index (Phi) is 5.28. The highest BCUT2D eigenvalue weighted by atomic mass is 16.1. The maximum atomic E-state index is 12.9. The largest absolute Gasteiger partial charge is 0.369 e. The van der Waals surface area contributed by atoms with Gasteiger partial charge >= 0.3 is 0 Å². The molecule has 8 nitrogen and oxygen atoms in total. The van der Waals surface area contributed by atoms with Gasteiger partial charge in [-0.3, -0.25) is 14.8 Å². The van der Waals surface area contributed by atoms with Gasteiger partial charge in [0, 0.05) is 66.9 Å². The molecule has 4 aromatic heterocycles. The zero-order valence-corrected chi connectivity index (χ0v) is 17.9. The third-order valence-electron chi connectivity index (χ3n) is 5.84. The molecule has 0 saturated carbocycles. The number of piperidine rings is 1. The third-order valence-corrected chi connectivity index (χ3v) is 5.84. The number of aryl methyl sites for hydroxylation is 1. The highest BCUT2D eigenvalue weighted by Crippen LogP contribution is 2.41. The molecule has 0 aliphatic carbocycles. The minimum absolute atomic E-state index is 0.100. The number of carbonyl (C=O) groups is 1. The minimum atomic E-state index is -0.220. The molecular formula is C24H25N7O. The second-order valence-corrected chi connectivity index (χ2v) is 8.18. The minimum Gasteiger partial charge on any atom is -0.369 e. The fraction of sp³-hybridized carbons (Fsp3) is 0.250. The van der Waals surface area contributed by atoms with E-state index in [0.29, 0.717) is 16.9 Å². The maximum Gasteiger partial charge on any atom is 0.257 e. The lowest BCUT2D eigenvalue weighted by molar-refractivity contribution is 0.102. The molecule has 0 aromatic carbocycles. The van der Waals surface area contributed by atoms with Crippen LogP contribution in [0.15, 0.2) is 55.2 Å². The molecule has 8 heteroatoms. The Hall–Kier alpha value is -3.78. The molecule has 162 valence electrons. The van der Waals surface area contributed by atoms with E-state index in [-0.39, 0.29) is 11.9 Å². The monoisotopic (exact) mass is 427 g/mol. The smallest absolute Gasteiger partial charge is 0.257 e. The Morgan fingerprint density at radius 1 is 1.22 bits per heavy atom. The van der Waals surface area contributed by atoms with Gasteiger partial charge in [0.05, 0.1) is 22.3 Å². The molecule has 5 rings (SSSR count). The molecule has 5 heterocycles. The summed E-state index contributed by atoms with van der Waals surface area (Å²) in [5.41, 5.74) is 12.1.